The third kappa shape index (κ3) is 4.62. The monoisotopic (exact) mass is 521 g/mol. The first-order chi connectivity index (χ1) is 17.0. The summed E-state index contributed by atoms with van der Waals surface area (Å²) in [7, 11) is 0. The predicted molar refractivity (Wildman–Crippen MR) is 126 cm³/mol. The molecule has 3 heterocycles. The smallest absolute Gasteiger partial charge is 0.417 e. The maximum absolute atomic E-state index is 13.0. The minimum absolute atomic E-state index is 0.0143. The Bertz CT molecular complexity index is 1230. The van der Waals surface area contributed by atoms with Gasteiger partial charge in [-0.2, -0.15) is 18.2 Å². The lowest BCUT2D eigenvalue weighted by atomic mass is 10.0. The van der Waals surface area contributed by atoms with Gasteiger partial charge in [-0.25, -0.2) is 4.79 Å². The topological polar surface area (TPSA) is 63.6 Å². The molecule has 190 valence electrons. The number of aliphatic imine (C=N–C) groups is 1. The van der Waals surface area contributed by atoms with Gasteiger partial charge in [0.15, 0.2) is 5.90 Å². The Labute approximate surface area is 210 Å². The summed E-state index contributed by atoms with van der Waals surface area (Å²) >= 11 is 5.64. The van der Waals surface area contributed by atoms with E-state index in [-0.39, 0.29) is 29.9 Å². The molecule has 3 aliphatic rings. The van der Waals surface area contributed by atoms with Crippen molar-refractivity contribution in [2.45, 2.75) is 37.8 Å². The molecule has 1 spiro atoms. The second kappa shape index (κ2) is 9.01. The lowest BCUT2D eigenvalue weighted by Crippen LogP contribution is -2.44. The molecule has 5 rings (SSSR count). The number of benzene rings is 2. The average Bonchev–Trinajstić information content (AvgIpc) is 3.48. The van der Waals surface area contributed by atoms with Crippen LogP contribution < -0.4 is 4.74 Å². The van der Waals surface area contributed by atoms with Crippen molar-refractivity contribution in [3.8, 4) is 11.5 Å². The van der Waals surface area contributed by atoms with Gasteiger partial charge in [-0.1, -0.05) is 30.3 Å². The predicted octanol–water partition coefficient (Wildman–Crippen LogP) is 5.84. The number of rotatable bonds is 4. The molecular weight excluding hydrogens is 499 g/mol. The first-order valence-electron chi connectivity index (χ1n) is 11.3. The van der Waals surface area contributed by atoms with E-state index in [2.05, 4.69) is 16.5 Å². The van der Waals surface area contributed by atoms with Crippen molar-refractivity contribution in [3.05, 3.63) is 71.0 Å². The second-order valence-electron chi connectivity index (χ2n) is 9.06. The van der Waals surface area contributed by atoms with Gasteiger partial charge in [0.2, 0.25) is 0 Å². The first kappa shape index (κ1) is 24.5. The third-order valence-corrected chi connectivity index (χ3v) is 6.89. The summed E-state index contributed by atoms with van der Waals surface area (Å²) in [6.45, 7) is 7.63. The summed E-state index contributed by atoms with van der Waals surface area (Å²) in [6, 6.07) is 9.55. The van der Waals surface area contributed by atoms with Crippen LogP contribution in [0.5, 0.6) is 11.5 Å². The maximum atomic E-state index is 13.0. The summed E-state index contributed by atoms with van der Waals surface area (Å²) in [6.07, 6.45) is -3.49. The third-order valence-electron chi connectivity index (χ3n) is 6.56. The number of carbonyl (C=O) groups excluding carboxylic acids is 1. The van der Waals surface area contributed by atoms with Crippen LogP contribution in [0.1, 0.15) is 24.5 Å². The Morgan fingerprint density at radius 1 is 1.25 bits per heavy atom. The molecule has 3 saturated heterocycles. The number of nitrogens with zero attached hydrogens (tertiary/aromatic N) is 3. The molecule has 11 heteroatoms. The van der Waals surface area contributed by atoms with E-state index < -0.39 is 22.8 Å². The lowest BCUT2D eigenvalue weighted by molar-refractivity contribution is -0.137. The van der Waals surface area contributed by atoms with Crippen LogP contribution in [-0.2, 0) is 22.3 Å². The molecule has 2 aromatic rings. The largest absolute Gasteiger partial charge is 0.476 e. The highest BCUT2D eigenvalue weighted by Gasteiger charge is 2.58. The van der Waals surface area contributed by atoms with Crippen molar-refractivity contribution >= 4 is 23.5 Å². The molecule has 0 radical (unpaired) electrons. The van der Waals surface area contributed by atoms with Gasteiger partial charge in [-0.3, -0.25) is 4.90 Å². The van der Waals surface area contributed by atoms with E-state index in [9.17, 15) is 18.0 Å². The van der Waals surface area contributed by atoms with Crippen molar-refractivity contribution in [3.63, 3.8) is 0 Å². The Balaban J connectivity index is 1.16. The number of carbonyl (C=O) groups is 1. The molecule has 2 bridgehead atoms. The molecule has 0 aliphatic carbocycles. The van der Waals surface area contributed by atoms with E-state index in [0.29, 0.717) is 24.7 Å². The Hall–Kier alpha value is -3.24. The molecule has 0 saturated carbocycles. The van der Waals surface area contributed by atoms with Crippen LogP contribution in [-0.4, -0.2) is 53.1 Å². The van der Waals surface area contributed by atoms with Crippen molar-refractivity contribution in [1.82, 2.24) is 9.80 Å². The van der Waals surface area contributed by atoms with Crippen LogP contribution in [0.15, 0.2) is 59.9 Å². The lowest BCUT2D eigenvalue weighted by Gasteiger charge is -2.31. The summed E-state index contributed by atoms with van der Waals surface area (Å²) in [5, 5.41) is -0.395. The molecule has 7 nitrogen and oxygen atoms in total. The zero-order valence-electron chi connectivity index (χ0n) is 19.3. The van der Waals surface area contributed by atoms with Gasteiger partial charge in [0.05, 0.1) is 35.4 Å². The van der Waals surface area contributed by atoms with E-state index >= 15 is 0 Å². The first-order valence-corrected chi connectivity index (χ1v) is 11.6. The average molecular weight is 522 g/mol. The summed E-state index contributed by atoms with van der Waals surface area (Å²) in [5.74, 6) is 1.21. The Morgan fingerprint density at radius 2 is 1.97 bits per heavy atom. The van der Waals surface area contributed by atoms with Crippen LogP contribution in [0.2, 0.25) is 5.02 Å². The van der Waals surface area contributed by atoms with Crippen LogP contribution in [0.3, 0.4) is 0 Å². The number of urea groups is 1. The van der Waals surface area contributed by atoms with E-state index in [1.807, 2.05) is 0 Å². The highest BCUT2D eigenvalue weighted by atomic mass is 35.5. The zero-order chi connectivity index (χ0) is 25.7. The fourth-order valence-electron chi connectivity index (χ4n) is 4.79. The molecule has 3 aliphatic heterocycles. The molecular formula is C25H23ClF3N3O4. The minimum Gasteiger partial charge on any atom is -0.476 e. The van der Waals surface area contributed by atoms with Gasteiger partial charge in [-0.15, -0.1) is 0 Å². The number of ether oxygens (including phenoxy) is 3. The van der Waals surface area contributed by atoms with Crippen molar-refractivity contribution in [1.29, 1.82) is 0 Å². The Morgan fingerprint density at radius 3 is 2.64 bits per heavy atom. The molecule has 0 unspecified atom stereocenters. The van der Waals surface area contributed by atoms with Gasteiger partial charge in [0, 0.05) is 19.9 Å². The van der Waals surface area contributed by atoms with Crippen LogP contribution in [0.25, 0.3) is 0 Å². The van der Waals surface area contributed by atoms with Gasteiger partial charge >= 0.3 is 12.2 Å². The Kier molecular flexibility index (Phi) is 6.12. The fraction of sp³-hybridized carbons (Fsp3) is 0.360. The van der Waals surface area contributed by atoms with Crippen molar-refractivity contribution < 1.29 is 32.2 Å². The van der Waals surface area contributed by atoms with Crippen LogP contribution >= 0.6 is 11.6 Å². The fourth-order valence-corrected chi connectivity index (χ4v) is 5.02. The van der Waals surface area contributed by atoms with Gasteiger partial charge in [0.25, 0.3) is 0 Å². The standard InChI is InChI=1S/C25H23ClF3N3O4/c1-15(30-23(33)31-13-24-10-20(35-14-24)11-32(24)16(31)2)34-12-17-3-5-18(6-4-17)36-19-7-8-22(26)21(9-19)25(27,28)29/h3-9,20H,2,10-14H2,1H3/b30-15+/t20-,24+/m0/s1. The van der Waals surface area contributed by atoms with Gasteiger partial charge in [-0.05, 0) is 35.9 Å². The van der Waals surface area contributed by atoms with Crippen molar-refractivity contribution in [2.75, 3.05) is 19.7 Å². The quantitative estimate of drug-likeness (QED) is 0.374. The van der Waals surface area contributed by atoms with Crippen LogP contribution in [0.4, 0.5) is 18.0 Å². The molecule has 2 amide bonds. The molecule has 0 aromatic heterocycles. The van der Waals surface area contributed by atoms with E-state index in [1.165, 1.54) is 6.07 Å². The van der Waals surface area contributed by atoms with E-state index in [1.54, 1.807) is 36.1 Å². The summed E-state index contributed by atoms with van der Waals surface area (Å²) in [5.41, 5.74) is -0.392. The SMILES string of the molecule is C=C1N(C(=O)/N=C(\C)OCc2ccc(Oc3ccc(Cl)c(C(F)(F)F)c3)cc2)C[C@]23CO[C@H](CN12)C3. The van der Waals surface area contributed by atoms with E-state index in [4.69, 9.17) is 25.8 Å². The van der Waals surface area contributed by atoms with E-state index in [0.717, 1.165) is 30.7 Å². The van der Waals surface area contributed by atoms with Gasteiger partial charge in [0.1, 0.15) is 23.9 Å². The summed E-state index contributed by atoms with van der Waals surface area (Å²) < 4.78 is 56.0. The number of fused-ring (bicyclic) bond motifs is 1. The maximum Gasteiger partial charge on any atom is 0.417 e. The second-order valence-corrected chi connectivity index (χ2v) is 9.47. The number of hydrogen-bond acceptors (Lipinski definition) is 5. The van der Waals surface area contributed by atoms with Crippen LogP contribution in [0, 0.1) is 0 Å². The molecule has 2 aromatic carbocycles. The summed E-state index contributed by atoms with van der Waals surface area (Å²) in [4.78, 5) is 20.5. The van der Waals surface area contributed by atoms with Crippen molar-refractivity contribution in [2.24, 2.45) is 4.99 Å². The molecule has 2 atom stereocenters. The highest BCUT2D eigenvalue weighted by Crippen LogP contribution is 2.46. The number of hydrogen-bond donors (Lipinski definition) is 0. The normalized spacial score (nSPS) is 23.3. The molecule has 3 fully saturated rings. The number of morpholine rings is 1. The minimum atomic E-state index is -4.58. The zero-order valence-corrected chi connectivity index (χ0v) is 20.1. The number of amides is 2. The molecule has 36 heavy (non-hydrogen) atoms. The number of halogens is 4. The highest BCUT2D eigenvalue weighted by molar-refractivity contribution is 6.31. The number of alkyl halides is 3. The van der Waals surface area contributed by atoms with Gasteiger partial charge < -0.3 is 19.1 Å². The molecule has 0 N–H and O–H groups in total.